The molecule has 13 heteroatoms. The number of para-hydroxylation sites is 2. The van der Waals surface area contributed by atoms with Crippen LogP contribution in [0.3, 0.4) is 0 Å². The van der Waals surface area contributed by atoms with Gasteiger partial charge in [-0.2, -0.15) is 8.42 Å². The van der Waals surface area contributed by atoms with E-state index in [2.05, 4.69) is 13.8 Å². The molecule has 0 fully saturated rings. The van der Waals surface area contributed by atoms with E-state index in [0.717, 1.165) is 62.1 Å². The molecule has 0 radical (unpaired) electrons. The van der Waals surface area contributed by atoms with Crippen LogP contribution in [0.1, 0.15) is 76.3 Å². The van der Waals surface area contributed by atoms with Crippen molar-refractivity contribution in [1.82, 2.24) is 0 Å². The van der Waals surface area contributed by atoms with Crippen molar-refractivity contribution in [3.8, 4) is 34.5 Å². The Balaban J connectivity index is 0.000000333. The Morgan fingerprint density at radius 3 is 1.57 bits per heavy atom. The number of hydrogen-bond donors (Lipinski definition) is 2. The van der Waals surface area contributed by atoms with Crippen LogP contribution in [0, 0.1) is 0 Å². The summed E-state index contributed by atoms with van der Waals surface area (Å²) in [6.07, 6.45) is 10.7. The van der Waals surface area contributed by atoms with E-state index < -0.39 is 25.1 Å². The van der Waals surface area contributed by atoms with Gasteiger partial charge in [0.15, 0.2) is 11.5 Å². The summed E-state index contributed by atoms with van der Waals surface area (Å²) in [6.45, 7) is 4.30. The van der Waals surface area contributed by atoms with Crippen molar-refractivity contribution in [2.75, 3.05) is 0 Å². The van der Waals surface area contributed by atoms with Crippen LogP contribution in [0.2, 0.25) is 0 Å². The number of rotatable bonds is 16. The van der Waals surface area contributed by atoms with E-state index in [-0.39, 0.29) is 77.1 Å². The second-order valence-corrected chi connectivity index (χ2v) is 14.0. The third kappa shape index (κ3) is 14.1. The van der Waals surface area contributed by atoms with Crippen molar-refractivity contribution < 1.29 is 45.6 Å². The summed E-state index contributed by atoms with van der Waals surface area (Å²) in [5.41, 5.74) is 1.92. The Morgan fingerprint density at radius 2 is 1.08 bits per heavy atom. The van der Waals surface area contributed by atoms with Crippen molar-refractivity contribution in [3.05, 3.63) is 96.1 Å². The second kappa shape index (κ2) is 20.7. The van der Waals surface area contributed by atoms with Gasteiger partial charge < -0.3 is 24.2 Å². The zero-order valence-electron chi connectivity index (χ0n) is 27.8. The number of aryl methyl sites for hydroxylation is 2. The van der Waals surface area contributed by atoms with Crippen molar-refractivity contribution in [1.29, 1.82) is 0 Å². The number of unbranched alkanes of at least 4 members (excludes halogenated alkanes) is 6. The molecular weight excluding hydrogens is 697 g/mol. The molecule has 10 nitrogen and oxygen atoms in total. The predicted molar refractivity (Wildman–Crippen MR) is 186 cm³/mol. The molecule has 2 N–H and O–H groups in total. The molecule has 260 valence electrons. The Morgan fingerprint density at radius 1 is 0.612 bits per heavy atom. The summed E-state index contributed by atoms with van der Waals surface area (Å²) in [7, 11) is -9.07. The maximum Gasteiger partial charge on any atom is 2.00 e. The van der Waals surface area contributed by atoms with Crippen molar-refractivity contribution >= 4 is 58.0 Å². The van der Waals surface area contributed by atoms with Gasteiger partial charge in [-0.1, -0.05) is 101 Å². The van der Waals surface area contributed by atoms with Crippen LogP contribution in [0.25, 0.3) is 0 Å². The Bertz CT molecular complexity index is 1710. The summed E-state index contributed by atoms with van der Waals surface area (Å²) in [5.74, 6) is -0.424. The molecule has 0 spiro atoms. The van der Waals surface area contributed by atoms with E-state index in [1.807, 2.05) is 6.07 Å². The van der Waals surface area contributed by atoms with Gasteiger partial charge in [0, 0.05) is 0 Å². The van der Waals surface area contributed by atoms with E-state index in [1.54, 1.807) is 24.3 Å². The maximum atomic E-state index is 12.1. The monoisotopic (exact) mass is 738 g/mol. The average Bonchev–Trinajstić information content (AvgIpc) is 3.04. The van der Waals surface area contributed by atoms with Gasteiger partial charge in [-0.05, 0) is 79.3 Å². The first-order valence-corrected chi connectivity index (χ1v) is 18.8. The van der Waals surface area contributed by atoms with Crippen LogP contribution in [0.15, 0.2) is 94.7 Å². The smallest absolute Gasteiger partial charge is 0.870 e. The first-order valence-electron chi connectivity index (χ1n) is 15.9. The Hall–Kier alpha value is -2.84. The average molecular weight is 739 g/mol. The van der Waals surface area contributed by atoms with Gasteiger partial charge in [0.25, 0.3) is 10.1 Å². The van der Waals surface area contributed by atoms with Crippen molar-refractivity contribution in [2.24, 2.45) is 0 Å². The Kier molecular flexibility index (Phi) is 17.9. The topological polar surface area (TPSA) is 173 Å². The maximum absolute atomic E-state index is 12.1. The number of benzene rings is 4. The minimum absolute atomic E-state index is 0. The summed E-state index contributed by atoms with van der Waals surface area (Å²) in [5, 5.41) is 22.3. The number of phenols is 1. The number of aromatic hydroxyl groups is 1. The third-order valence-electron chi connectivity index (χ3n) is 7.35. The van der Waals surface area contributed by atoms with Gasteiger partial charge >= 0.3 is 37.7 Å². The number of phenolic OH excluding ortho intramolecular Hbond substituents is 1. The van der Waals surface area contributed by atoms with Crippen LogP contribution in [-0.4, -0.2) is 68.8 Å². The number of hydrogen-bond acceptors (Lipinski definition) is 9. The standard InChI is InChI=1S/2C18H22O5S.Ca/c2*1-2-3-4-5-8-14-11-12-16(15(19)13-14)23-17-9-6-7-10-18(17)24(20,21)22;/h2*6-7,9-13,19H,2-5,8H2,1H3,(H,20,21,22);/q;;+2/p-2. The minimum Gasteiger partial charge on any atom is -0.870 e. The van der Waals surface area contributed by atoms with Crippen LogP contribution in [0.4, 0.5) is 0 Å². The van der Waals surface area contributed by atoms with E-state index in [0.29, 0.717) is 0 Å². The SMILES string of the molecule is CCCCCCc1ccc(Oc2ccccc2S(=O)(=O)O)c(O)c1.CCCCCCc1ccc(Oc2ccccc2S(=O)(=O)[O-])c([O-])c1.[Ca+2]. The largest absolute Gasteiger partial charge is 2.00 e. The first-order chi connectivity index (χ1) is 22.8. The fraction of sp³-hybridized carbons (Fsp3) is 0.333. The first kappa shape index (κ1) is 42.3. The molecule has 4 rings (SSSR count). The zero-order valence-corrected chi connectivity index (χ0v) is 31.7. The molecule has 0 amide bonds. The van der Waals surface area contributed by atoms with Crippen molar-refractivity contribution in [2.45, 2.75) is 87.8 Å². The fourth-order valence-electron chi connectivity index (χ4n) is 4.83. The van der Waals surface area contributed by atoms with Crippen LogP contribution < -0.4 is 14.6 Å². The van der Waals surface area contributed by atoms with E-state index in [4.69, 9.17) is 9.47 Å². The molecular formula is C36H42CaO10S2. The molecule has 0 heterocycles. The molecule has 0 atom stereocenters. The number of ether oxygens (including phenoxy) is 2. The Labute approximate surface area is 319 Å². The minimum atomic E-state index is -4.67. The van der Waals surface area contributed by atoms with E-state index in [9.17, 15) is 36.2 Å². The molecule has 0 aliphatic rings. The quantitative estimate of drug-likeness (QED) is 0.0657. The molecule has 0 aromatic heterocycles. The van der Waals surface area contributed by atoms with E-state index >= 15 is 0 Å². The van der Waals surface area contributed by atoms with Crippen LogP contribution in [0.5, 0.6) is 34.5 Å². The van der Waals surface area contributed by atoms with Crippen LogP contribution in [-0.2, 0) is 33.1 Å². The molecule has 0 saturated carbocycles. The molecule has 0 aliphatic heterocycles. The van der Waals surface area contributed by atoms with Gasteiger partial charge in [0.05, 0.1) is 4.90 Å². The molecule has 0 unspecified atom stereocenters. The summed E-state index contributed by atoms with van der Waals surface area (Å²) in [4.78, 5) is -0.818. The normalized spacial score (nSPS) is 11.2. The molecule has 0 bridgehead atoms. The van der Waals surface area contributed by atoms with Gasteiger partial charge in [-0.15, -0.1) is 0 Å². The molecule has 0 saturated heterocycles. The van der Waals surface area contributed by atoms with Gasteiger partial charge in [0.1, 0.15) is 32.3 Å². The molecule has 4 aromatic rings. The zero-order chi connectivity index (χ0) is 35.2. The third-order valence-corrected chi connectivity index (χ3v) is 9.12. The molecule has 4 aromatic carbocycles. The fourth-order valence-corrected chi connectivity index (χ4v) is 6.05. The molecule has 49 heavy (non-hydrogen) atoms. The van der Waals surface area contributed by atoms with E-state index in [1.165, 1.54) is 67.8 Å². The second-order valence-electron chi connectivity index (χ2n) is 11.2. The van der Waals surface area contributed by atoms with Gasteiger partial charge in [-0.25, -0.2) is 8.42 Å². The molecule has 0 aliphatic carbocycles. The summed E-state index contributed by atoms with van der Waals surface area (Å²) >= 11 is 0. The summed E-state index contributed by atoms with van der Waals surface area (Å²) in [6, 6.07) is 21.1. The van der Waals surface area contributed by atoms with Gasteiger partial charge in [0.2, 0.25) is 0 Å². The van der Waals surface area contributed by atoms with Crippen LogP contribution >= 0.6 is 0 Å². The van der Waals surface area contributed by atoms with Gasteiger partial charge in [-0.3, -0.25) is 4.55 Å². The predicted octanol–water partition coefficient (Wildman–Crippen LogP) is 7.75. The van der Waals surface area contributed by atoms with Crippen molar-refractivity contribution in [3.63, 3.8) is 0 Å². The summed E-state index contributed by atoms with van der Waals surface area (Å²) < 4.78 is 76.5.